The fraction of sp³-hybridized carbons (Fsp3) is 0.188. The van der Waals surface area contributed by atoms with Crippen LogP contribution in [0.2, 0.25) is 0 Å². The standard InChI is InChI=1S/C16H16FNO2/c1-11(2)20-13-9-7-12(8-10-13)18-16(19)14-5-3-4-6-15(14)17/h3-11H,1-2H3,(H,18,19). The number of ether oxygens (including phenoxy) is 1. The number of anilines is 1. The van der Waals surface area contributed by atoms with Crippen LogP contribution in [-0.4, -0.2) is 12.0 Å². The highest BCUT2D eigenvalue weighted by Crippen LogP contribution is 2.18. The lowest BCUT2D eigenvalue weighted by Gasteiger charge is -2.10. The molecule has 0 bridgehead atoms. The first-order valence-corrected chi connectivity index (χ1v) is 6.39. The molecule has 1 N–H and O–H groups in total. The van der Waals surface area contributed by atoms with E-state index in [0.29, 0.717) is 5.69 Å². The zero-order valence-electron chi connectivity index (χ0n) is 11.4. The Morgan fingerprint density at radius 1 is 1.10 bits per heavy atom. The van der Waals surface area contributed by atoms with E-state index in [1.54, 1.807) is 36.4 Å². The van der Waals surface area contributed by atoms with Gasteiger partial charge in [0.15, 0.2) is 0 Å². The molecular weight excluding hydrogens is 257 g/mol. The molecule has 104 valence electrons. The van der Waals surface area contributed by atoms with Gasteiger partial charge in [0.2, 0.25) is 0 Å². The zero-order chi connectivity index (χ0) is 14.5. The summed E-state index contributed by atoms with van der Waals surface area (Å²) in [4.78, 5) is 11.9. The molecule has 0 unspecified atom stereocenters. The first kappa shape index (κ1) is 14.1. The number of benzene rings is 2. The third-order valence-electron chi connectivity index (χ3n) is 2.60. The van der Waals surface area contributed by atoms with Crippen molar-refractivity contribution in [2.45, 2.75) is 20.0 Å². The van der Waals surface area contributed by atoms with Gasteiger partial charge in [-0.3, -0.25) is 4.79 Å². The molecule has 3 nitrogen and oxygen atoms in total. The largest absolute Gasteiger partial charge is 0.491 e. The average molecular weight is 273 g/mol. The van der Waals surface area contributed by atoms with Crippen LogP contribution >= 0.6 is 0 Å². The third-order valence-corrected chi connectivity index (χ3v) is 2.60. The topological polar surface area (TPSA) is 38.3 Å². The molecule has 0 spiro atoms. The minimum absolute atomic E-state index is 0.0232. The Morgan fingerprint density at radius 3 is 2.35 bits per heavy atom. The minimum Gasteiger partial charge on any atom is -0.491 e. The minimum atomic E-state index is -0.537. The molecule has 4 heteroatoms. The monoisotopic (exact) mass is 273 g/mol. The molecule has 2 aromatic carbocycles. The predicted octanol–water partition coefficient (Wildman–Crippen LogP) is 3.87. The van der Waals surface area contributed by atoms with Crippen LogP contribution in [0.5, 0.6) is 5.75 Å². The summed E-state index contributed by atoms with van der Waals surface area (Å²) in [5.41, 5.74) is 0.615. The van der Waals surface area contributed by atoms with Gasteiger partial charge in [0, 0.05) is 5.69 Å². The number of carbonyl (C=O) groups excluding carboxylic acids is 1. The van der Waals surface area contributed by atoms with Crippen molar-refractivity contribution in [3.05, 3.63) is 59.9 Å². The van der Waals surface area contributed by atoms with E-state index in [1.807, 2.05) is 13.8 Å². The normalized spacial score (nSPS) is 10.4. The number of nitrogens with one attached hydrogen (secondary N) is 1. The van der Waals surface area contributed by atoms with E-state index in [4.69, 9.17) is 4.74 Å². The fourth-order valence-electron chi connectivity index (χ4n) is 1.73. The number of hydrogen-bond acceptors (Lipinski definition) is 2. The summed E-state index contributed by atoms with van der Waals surface area (Å²) in [7, 11) is 0. The van der Waals surface area contributed by atoms with E-state index >= 15 is 0 Å². The van der Waals surface area contributed by atoms with E-state index in [1.165, 1.54) is 12.1 Å². The molecule has 0 saturated heterocycles. The van der Waals surface area contributed by atoms with Gasteiger partial charge in [0.05, 0.1) is 11.7 Å². The highest BCUT2D eigenvalue weighted by Gasteiger charge is 2.10. The summed E-state index contributed by atoms with van der Waals surface area (Å²) in [6.07, 6.45) is 0.0915. The van der Waals surface area contributed by atoms with Crippen LogP contribution in [0.25, 0.3) is 0 Å². The first-order chi connectivity index (χ1) is 9.56. The van der Waals surface area contributed by atoms with Crippen molar-refractivity contribution < 1.29 is 13.9 Å². The maximum absolute atomic E-state index is 13.5. The Kier molecular flexibility index (Phi) is 4.35. The molecule has 1 amide bonds. The SMILES string of the molecule is CC(C)Oc1ccc(NC(=O)c2ccccc2F)cc1. The molecule has 0 fully saturated rings. The second-order valence-corrected chi connectivity index (χ2v) is 4.62. The average Bonchev–Trinajstić information content (AvgIpc) is 2.41. The van der Waals surface area contributed by atoms with Crippen LogP contribution in [0, 0.1) is 5.82 Å². The number of hydrogen-bond donors (Lipinski definition) is 1. The van der Waals surface area contributed by atoms with Gasteiger partial charge in [-0.15, -0.1) is 0 Å². The van der Waals surface area contributed by atoms with Gasteiger partial charge >= 0.3 is 0 Å². The Labute approximate surface area is 117 Å². The third kappa shape index (κ3) is 3.57. The number of amides is 1. The van der Waals surface area contributed by atoms with Crippen molar-refractivity contribution in [1.29, 1.82) is 0 Å². The summed E-state index contributed by atoms with van der Waals surface area (Å²) in [6, 6.07) is 12.8. The van der Waals surface area contributed by atoms with Gasteiger partial charge in [-0.05, 0) is 50.2 Å². The zero-order valence-corrected chi connectivity index (χ0v) is 11.4. The second kappa shape index (κ2) is 6.19. The molecule has 2 rings (SSSR count). The van der Waals surface area contributed by atoms with Crippen molar-refractivity contribution in [3.63, 3.8) is 0 Å². The summed E-state index contributed by atoms with van der Waals surface area (Å²) < 4.78 is 19.0. The predicted molar refractivity (Wildman–Crippen MR) is 76.6 cm³/mol. The van der Waals surface area contributed by atoms with E-state index in [2.05, 4.69) is 5.32 Å². The molecule has 0 atom stereocenters. The number of rotatable bonds is 4. The lowest BCUT2D eigenvalue weighted by Crippen LogP contribution is -2.13. The Morgan fingerprint density at radius 2 is 1.75 bits per heavy atom. The van der Waals surface area contributed by atoms with Crippen LogP contribution in [-0.2, 0) is 0 Å². The Bertz CT molecular complexity index is 594. The molecule has 20 heavy (non-hydrogen) atoms. The Balaban J connectivity index is 2.07. The molecule has 0 aliphatic rings. The first-order valence-electron chi connectivity index (χ1n) is 6.39. The van der Waals surface area contributed by atoms with E-state index in [9.17, 15) is 9.18 Å². The van der Waals surface area contributed by atoms with E-state index in [0.717, 1.165) is 5.75 Å². The molecular formula is C16H16FNO2. The van der Waals surface area contributed by atoms with Crippen LogP contribution in [0.3, 0.4) is 0 Å². The highest BCUT2D eigenvalue weighted by atomic mass is 19.1. The molecule has 0 heterocycles. The van der Waals surface area contributed by atoms with E-state index < -0.39 is 11.7 Å². The van der Waals surface area contributed by atoms with E-state index in [-0.39, 0.29) is 11.7 Å². The molecule has 2 aromatic rings. The molecule has 0 aliphatic carbocycles. The number of carbonyl (C=O) groups is 1. The number of halogens is 1. The van der Waals surface area contributed by atoms with Crippen LogP contribution in [0.1, 0.15) is 24.2 Å². The van der Waals surface area contributed by atoms with Crippen LogP contribution in [0.15, 0.2) is 48.5 Å². The van der Waals surface area contributed by atoms with Gasteiger partial charge < -0.3 is 10.1 Å². The Hall–Kier alpha value is -2.36. The van der Waals surface area contributed by atoms with Gasteiger partial charge in [-0.1, -0.05) is 12.1 Å². The van der Waals surface area contributed by atoms with Gasteiger partial charge in [-0.25, -0.2) is 4.39 Å². The van der Waals surface area contributed by atoms with Crippen molar-refractivity contribution in [1.82, 2.24) is 0 Å². The molecule has 0 aromatic heterocycles. The highest BCUT2D eigenvalue weighted by molar-refractivity contribution is 6.04. The smallest absolute Gasteiger partial charge is 0.258 e. The van der Waals surface area contributed by atoms with Gasteiger partial charge in [0.25, 0.3) is 5.91 Å². The summed E-state index contributed by atoms with van der Waals surface area (Å²) in [6.45, 7) is 3.88. The maximum atomic E-state index is 13.5. The van der Waals surface area contributed by atoms with Gasteiger partial charge in [0.1, 0.15) is 11.6 Å². The second-order valence-electron chi connectivity index (χ2n) is 4.62. The molecule has 0 saturated carbocycles. The summed E-state index contributed by atoms with van der Waals surface area (Å²) in [5, 5.41) is 2.65. The molecule has 0 radical (unpaired) electrons. The lowest BCUT2D eigenvalue weighted by molar-refractivity contribution is 0.102. The van der Waals surface area contributed by atoms with Crippen LogP contribution in [0.4, 0.5) is 10.1 Å². The van der Waals surface area contributed by atoms with Crippen molar-refractivity contribution in [2.24, 2.45) is 0 Å². The summed E-state index contributed by atoms with van der Waals surface area (Å²) >= 11 is 0. The van der Waals surface area contributed by atoms with Gasteiger partial charge in [-0.2, -0.15) is 0 Å². The van der Waals surface area contributed by atoms with Crippen LogP contribution < -0.4 is 10.1 Å². The van der Waals surface area contributed by atoms with Crippen molar-refractivity contribution in [3.8, 4) is 5.75 Å². The fourth-order valence-corrected chi connectivity index (χ4v) is 1.73. The van der Waals surface area contributed by atoms with Crippen molar-refractivity contribution in [2.75, 3.05) is 5.32 Å². The molecule has 0 aliphatic heterocycles. The quantitative estimate of drug-likeness (QED) is 0.918. The van der Waals surface area contributed by atoms with Crippen molar-refractivity contribution >= 4 is 11.6 Å². The summed E-state index contributed by atoms with van der Waals surface area (Å²) in [5.74, 6) is -0.283. The maximum Gasteiger partial charge on any atom is 0.258 e. The lowest BCUT2D eigenvalue weighted by atomic mass is 10.2.